The van der Waals surface area contributed by atoms with E-state index in [4.69, 9.17) is 5.73 Å². The number of guanidine groups is 1. The van der Waals surface area contributed by atoms with Crippen LogP contribution in [0, 0.1) is 0 Å². The molecule has 0 radical (unpaired) electrons. The molecule has 1 aromatic rings. The molecule has 0 bridgehead atoms. The lowest BCUT2D eigenvalue weighted by Crippen LogP contribution is -2.37. The minimum Gasteiger partial charge on any atom is -0.370 e. The molecule has 1 aliphatic carbocycles. The molecule has 92 valence electrons. The summed E-state index contributed by atoms with van der Waals surface area (Å²) in [6.45, 7) is 4.11. The lowest BCUT2D eigenvalue weighted by atomic mass is 10.1. The largest absolute Gasteiger partial charge is 0.370 e. The maximum absolute atomic E-state index is 5.81. The number of nitrogens with zero attached hydrogens (tertiary/aromatic N) is 1. The predicted molar refractivity (Wildman–Crippen MR) is 75.2 cm³/mol. The van der Waals surface area contributed by atoms with Gasteiger partial charge in [0.25, 0.3) is 0 Å². The Hall–Kier alpha value is -1.03. The Balaban J connectivity index is 1.94. The van der Waals surface area contributed by atoms with Crippen LogP contribution in [0.5, 0.6) is 0 Å². The normalized spacial score (nSPS) is 23.9. The van der Waals surface area contributed by atoms with Gasteiger partial charge in [-0.15, -0.1) is 0 Å². The molecule has 1 saturated carbocycles. The summed E-state index contributed by atoms with van der Waals surface area (Å²) in [5.74, 6) is 1.10. The molecular weight excluding hydrogens is 278 g/mol. The molecule has 0 amide bonds. The summed E-state index contributed by atoms with van der Waals surface area (Å²) in [5, 5.41) is 3.12. The van der Waals surface area contributed by atoms with Crippen LogP contribution in [0.4, 0.5) is 0 Å². The molecule has 0 aromatic heterocycles. The number of halogens is 1. The van der Waals surface area contributed by atoms with Gasteiger partial charge in [-0.25, -0.2) is 4.99 Å². The van der Waals surface area contributed by atoms with Crippen molar-refractivity contribution in [1.29, 1.82) is 0 Å². The highest BCUT2D eigenvalue weighted by Gasteiger charge is 2.38. The van der Waals surface area contributed by atoms with Crippen LogP contribution in [0.3, 0.4) is 0 Å². The molecule has 4 heteroatoms. The third-order valence-corrected chi connectivity index (χ3v) is 3.33. The van der Waals surface area contributed by atoms with Crippen molar-refractivity contribution >= 4 is 21.9 Å². The van der Waals surface area contributed by atoms with E-state index in [-0.39, 0.29) is 0 Å². The summed E-state index contributed by atoms with van der Waals surface area (Å²) in [4.78, 5) is 4.48. The van der Waals surface area contributed by atoms with Crippen LogP contribution in [-0.4, -0.2) is 18.0 Å². The van der Waals surface area contributed by atoms with Gasteiger partial charge in [-0.2, -0.15) is 0 Å². The van der Waals surface area contributed by atoms with Crippen molar-refractivity contribution in [3.63, 3.8) is 0 Å². The van der Waals surface area contributed by atoms with E-state index in [0.29, 0.717) is 24.0 Å². The summed E-state index contributed by atoms with van der Waals surface area (Å²) in [6, 6.07) is 9.13. The summed E-state index contributed by atoms with van der Waals surface area (Å²) in [6.07, 6.45) is 1.10. The van der Waals surface area contributed by atoms with Crippen molar-refractivity contribution in [3.8, 4) is 0 Å². The molecule has 3 N–H and O–H groups in total. The van der Waals surface area contributed by atoms with Crippen LogP contribution in [0.2, 0.25) is 0 Å². The number of nitrogens with one attached hydrogen (secondary N) is 1. The fourth-order valence-electron chi connectivity index (χ4n) is 1.90. The van der Waals surface area contributed by atoms with Crippen LogP contribution in [0.1, 0.15) is 31.7 Å². The van der Waals surface area contributed by atoms with Crippen LogP contribution >= 0.6 is 15.9 Å². The summed E-state index contributed by atoms with van der Waals surface area (Å²) in [5.41, 5.74) is 7.16. The van der Waals surface area contributed by atoms with Crippen molar-refractivity contribution in [3.05, 3.63) is 34.3 Å². The van der Waals surface area contributed by atoms with E-state index in [1.807, 2.05) is 0 Å². The second-order valence-corrected chi connectivity index (χ2v) is 5.69. The Bertz CT molecular complexity index is 411. The predicted octanol–water partition coefficient (Wildman–Crippen LogP) is 2.62. The number of aliphatic imine (C=N–C) groups is 1. The Morgan fingerprint density at radius 2 is 2.06 bits per heavy atom. The average molecular weight is 296 g/mol. The van der Waals surface area contributed by atoms with Crippen molar-refractivity contribution in [1.82, 2.24) is 5.32 Å². The van der Waals surface area contributed by atoms with E-state index in [1.165, 1.54) is 5.56 Å². The molecule has 0 aliphatic heterocycles. The Morgan fingerprint density at radius 3 is 2.65 bits per heavy atom. The second kappa shape index (κ2) is 5.08. The van der Waals surface area contributed by atoms with Gasteiger partial charge in [0.05, 0.1) is 6.04 Å². The zero-order valence-corrected chi connectivity index (χ0v) is 11.7. The first-order chi connectivity index (χ1) is 8.06. The topological polar surface area (TPSA) is 50.4 Å². The maximum atomic E-state index is 5.81. The van der Waals surface area contributed by atoms with Gasteiger partial charge in [0.2, 0.25) is 0 Å². The van der Waals surface area contributed by atoms with Crippen LogP contribution in [0.25, 0.3) is 0 Å². The Labute approximate surface area is 111 Å². The Morgan fingerprint density at radius 1 is 1.41 bits per heavy atom. The minimum absolute atomic E-state index is 0.337. The van der Waals surface area contributed by atoms with Crippen LogP contribution in [-0.2, 0) is 0 Å². The molecule has 2 rings (SSSR count). The van der Waals surface area contributed by atoms with Gasteiger partial charge < -0.3 is 11.1 Å². The highest BCUT2D eigenvalue weighted by Crippen LogP contribution is 2.43. The van der Waals surface area contributed by atoms with E-state index >= 15 is 0 Å². The lowest BCUT2D eigenvalue weighted by Gasteiger charge is -2.08. The number of benzene rings is 1. The van der Waals surface area contributed by atoms with Crippen molar-refractivity contribution in [2.45, 2.75) is 38.3 Å². The van der Waals surface area contributed by atoms with Crippen molar-refractivity contribution in [2.75, 3.05) is 0 Å². The SMILES string of the molecule is CC(C)NC(N)=N[C@@H]1C[C@H]1c1ccc(Br)cc1. The molecule has 17 heavy (non-hydrogen) atoms. The molecule has 0 saturated heterocycles. The molecule has 3 nitrogen and oxygen atoms in total. The smallest absolute Gasteiger partial charge is 0.189 e. The van der Waals surface area contributed by atoms with Crippen LogP contribution in [0.15, 0.2) is 33.7 Å². The second-order valence-electron chi connectivity index (χ2n) is 4.77. The molecule has 1 aliphatic rings. The first-order valence-electron chi connectivity index (χ1n) is 5.91. The van der Waals surface area contributed by atoms with Gasteiger partial charge >= 0.3 is 0 Å². The molecule has 0 heterocycles. The minimum atomic E-state index is 0.337. The van der Waals surface area contributed by atoms with E-state index in [2.05, 4.69) is 64.4 Å². The standard InChI is InChI=1S/C13H18BrN3/c1-8(2)16-13(15)17-12-7-11(12)9-3-5-10(14)6-4-9/h3-6,8,11-12H,7H2,1-2H3,(H3,15,16,17)/t11-,12+/m0/s1. The lowest BCUT2D eigenvalue weighted by molar-refractivity contribution is 0.722. The zero-order chi connectivity index (χ0) is 12.4. The Kier molecular flexibility index (Phi) is 3.72. The van der Waals surface area contributed by atoms with Crippen molar-refractivity contribution < 1.29 is 0 Å². The first-order valence-corrected chi connectivity index (χ1v) is 6.71. The molecule has 0 unspecified atom stereocenters. The van der Waals surface area contributed by atoms with Gasteiger partial charge in [-0.1, -0.05) is 28.1 Å². The summed E-state index contributed by atoms with van der Waals surface area (Å²) < 4.78 is 1.11. The molecule has 1 fully saturated rings. The quantitative estimate of drug-likeness (QED) is 0.665. The zero-order valence-electron chi connectivity index (χ0n) is 10.2. The number of hydrogen-bond donors (Lipinski definition) is 2. The van der Waals surface area contributed by atoms with E-state index in [1.54, 1.807) is 0 Å². The van der Waals surface area contributed by atoms with E-state index in [0.717, 1.165) is 10.9 Å². The van der Waals surface area contributed by atoms with Crippen molar-refractivity contribution in [2.24, 2.45) is 10.7 Å². The average Bonchev–Trinajstić information content (AvgIpc) is 2.96. The number of rotatable bonds is 3. The molecule has 1 aromatic carbocycles. The summed E-state index contributed by atoms with van der Waals surface area (Å²) in [7, 11) is 0. The van der Waals surface area contributed by atoms with Crippen LogP contribution < -0.4 is 11.1 Å². The molecule has 0 spiro atoms. The third kappa shape index (κ3) is 3.46. The number of hydrogen-bond acceptors (Lipinski definition) is 1. The van der Waals surface area contributed by atoms with Gasteiger partial charge in [-0.05, 0) is 38.0 Å². The monoisotopic (exact) mass is 295 g/mol. The maximum Gasteiger partial charge on any atom is 0.189 e. The first kappa shape index (κ1) is 12.4. The highest BCUT2D eigenvalue weighted by atomic mass is 79.9. The highest BCUT2D eigenvalue weighted by molar-refractivity contribution is 9.10. The summed E-state index contributed by atoms with van der Waals surface area (Å²) >= 11 is 3.44. The molecular formula is C13H18BrN3. The van der Waals surface area contributed by atoms with Gasteiger partial charge in [-0.3, -0.25) is 0 Å². The van der Waals surface area contributed by atoms with Gasteiger partial charge in [0.1, 0.15) is 0 Å². The van der Waals surface area contributed by atoms with Gasteiger partial charge in [0, 0.05) is 16.4 Å². The third-order valence-electron chi connectivity index (χ3n) is 2.80. The van der Waals surface area contributed by atoms with E-state index < -0.39 is 0 Å². The van der Waals surface area contributed by atoms with Gasteiger partial charge in [0.15, 0.2) is 5.96 Å². The fourth-order valence-corrected chi connectivity index (χ4v) is 2.17. The van der Waals surface area contributed by atoms with E-state index in [9.17, 15) is 0 Å². The fraction of sp³-hybridized carbons (Fsp3) is 0.462. The number of nitrogens with two attached hydrogens (primary N) is 1. The molecule has 2 atom stereocenters.